The largest absolute Gasteiger partial charge is 0.354 e. The summed E-state index contributed by atoms with van der Waals surface area (Å²) >= 11 is 0. The van der Waals surface area contributed by atoms with Crippen molar-refractivity contribution in [3.05, 3.63) is 138 Å². The Morgan fingerprint density at radius 3 is 2.06 bits per heavy atom. The molecule has 2 N–H and O–H groups in total. The second kappa shape index (κ2) is 18.1. The van der Waals surface area contributed by atoms with Crippen LogP contribution in [0.1, 0.15) is 37.0 Å². The minimum atomic E-state index is -1.08. The molecule has 0 fully saturated rings. The first kappa shape index (κ1) is 38.6. The molecule has 0 aliphatic rings. The Labute approximate surface area is 299 Å². The molecular formula is C41H47F2N5O3. The molecule has 0 unspecified atom stereocenters. The van der Waals surface area contributed by atoms with Crippen molar-refractivity contribution in [2.24, 2.45) is 0 Å². The summed E-state index contributed by atoms with van der Waals surface area (Å²) in [6.07, 6.45) is 7.78. The smallest absolute Gasteiger partial charge is 0.246 e. The number of pyridine rings is 1. The second-order valence-corrected chi connectivity index (χ2v) is 13.3. The highest BCUT2D eigenvalue weighted by Crippen LogP contribution is 2.22. The summed E-state index contributed by atoms with van der Waals surface area (Å²) in [7, 11) is 4.93. The summed E-state index contributed by atoms with van der Waals surface area (Å²) in [5, 5.41) is 6.10. The molecule has 2 atom stereocenters. The van der Waals surface area contributed by atoms with Crippen LogP contribution < -0.4 is 10.6 Å². The van der Waals surface area contributed by atoms with Crippen molar-refractivity contribution in [2.75, 3.05) is 27.7 Å². The topological polar surface area (TPSA) is 94.6 Å². The maximum absolute atomic E-state index is 14.5. The lowest BCUT2D eigenvalue weighted by atomic mass is 9.98. The van der Waals surface area contributed by atoms with E-state index in [4.69, 9.17) is 0 Å². The number of halogens is 2. The van der Waals surface area contributed by atoms with E-state index >= 15 is 0 Å². The summed E-state index contributed by atoms with van der Waals surface area (Å²) < 4.78 is 28.1. The molecule has 0 saturated heterocycles. The molecule has 51 heavy (non-hydrogen) atoms. The number of carbonyl (C=O) groups excluding carboxylic acids is 3. The normalized spacial score (nSPS) is 12.7. The van der Waals surface area contributed by atoms with Crippen molar-refractivity contribution >= 4 is 17.7 Å². The first-order valence-corrected chi connectivity index (χ1v) is 17.0. The number of nitrogens with one attached hydrogen (secondary N) is 2. The molecule has 1 heterocycles. The van der Waals surface area contributed by atoms with Gasteiger partial charge in [0.1, 0.15) is 12.1 Å². The zero-order chi connectivity index (χ0) is 37.0. The van der Waals surface area contributed by atoms with Gasteiger partial charge >= 0.3 is 0 Å². The van der Waals surface area contributed by atoms with Crippen LogP contribution in [0.2, 0.25) is 0 Å². The number of hydrogen-bond donors (Lipinski definition) is 2. The minimum absolute atomic E-state index is 0.0737. The molecule has 268 valence electrons. The van der Waals surface area contributed by atoms with Crippen molar-refractivity contribution in [2.45, 2.75) is 57.2 Å². The highest BCUT2D eigenvalue weighted by Gasteiger charge is 2.35. The van der Waals surface area contributed by atoms with Crippen molar-refractivity contribution in [1.29, 1.82) is 0 Å². The van der Waals surface area contributed by atoms with Crippen LogP contribution in [0.3, 0.4) is 0 Å². The van der Waals surface area contributed by atoms with Gasteiger partial charge in [0.05, 0.1) is 0 Å². The second-order valence-electron chi connectivity index (χ2n) is 13.3. The van der Waals surface area contributed by atoms with Crippen molar-refractivity contribution < 1.29 is 23.2 Å². The Kier molecular flexibility index (Phi) is 13.7. The Morgan fingerprint density at radius 1 is 0.784 bits per heavy atom. The van der Waals surface area contributed by atoms with Crippen LogP contribution in [0, 0.1) is 11.6 Å². The van der Waals surface area contributed by atoms with Gasteiger partial charge in [0.25, 0.3) is 0 Å². The predicted octanol–water partition coefficient (Wildman–Crippen LogP) is 5.77. The summed E-state index contributed by atoms with van der Waals surface area (Å²) in [6.45, 7) is 4.31. The van der Waals surface area contributed by atoms with Gasteiger partial charge in [-0.15, -0.1) is 0 Å². The summed E-state index contributed by atoms with van der Waals surface area (Å²) in [5.74, 6) is -3.36. The highest BCUT2D eigenvalue weighted by atomic mass is 19.2. The molecule has 4 aromatic rings. The number of likely N-dealkylation sites (N-methyl/N-ethyl adjacent to an activating group) is 2. The number of amides is 3. The molecule has 0 bridgehead atoms. The van der Waals surface area contributed by atoms with E-state index in [1.54, 1.807) is 25.5 Å². The number of hydrogen-bond acceptors (Lipinski definition) is 5. The quantitative estimate of drug-likeness (QED) is 0.145. The van der Waals surface area contributed by atoms with Gasteiger partial charge in [0, 0.05) is 51.4 Å². The predicted molar refractivity (Wildman–Crippen MR) is 197 cm³/mol. The lowest BCUT2D eigenvalue weighted by molar-refractivity contribution is -0.146. The van der Waals surface area contributed by atoms with Crippen LogP contribution in [0.5, 0.6) is 0 Å². The fourth-order valence-corrected chi connectivity index (χ4v) is 5.59. The van der Waals surface area contributed by atoms with E-state index in [-0.39, 0.29) is 30.8 Å². The van der Waals surface area contributed by atoms with E-state index in [2.05, 4.69) is 15.6 Å². The Hall–Kier alpha value is -5.22. The van der Waals surface area contributed by atoms with Gasteiger partial charge in [0.15, 0.2) is 11.6 Å². The van der Waals surface area contributed by atoms with Gasteiger partial charge in [0.2, 0.25) is 17.7 Å². The lowest BCUT2D eigenvalue weighted by Gasteiger charge is -2.34. The summed E-state index contributed by atoms with van der Waals surface area (Å²) in [6, 6.07) is 22.8. The third kappa shape index (κ3) is 11.1. The van der Waals surface area contributed by atoms with E-state index in [0.717, 1.165) is 34.4 Å². The van der Waals surface area contributed by atoms with E-state index in [1.807, 2.05) is 87.6 Å². The molecule has 0 aliphatic heterocycles. The van der Waals surface area contributed by atoms with Crippen LogP contribution in [0.4, 0.5) is 8.78 Å². The number of rotatable bonds is 16. The van der Waals surface area contributed by atoms with Crippen molar-refractivity contribution in [3.63, 3.8) is 0 Å². The molecule has 8 nitrogen and oxygen atoms in total. The molecule has 0 spiro atoms. The highest BCUT2D eigenvalue weighted by molar-refractivity contribution is 5.95. The lowest BCUT2D eigenvalue weighted by Crippen LogP contribution is -2.56. The Bertz CT molecular complexity index is 1780. The van der Waals surface area contributed by atoms with Crippen LogP contribution in [-0.4, -0.2) is 77.8 Å². The molecule has 0 radical (unpaired) electrons. The molecule has 0 aliphatic carbocycles. The number of aromatic nitrogens is 1. The van der Waals surface area contributed by atoms with Gasteiger partial charge in [-0.2, -0.15) is 0 Å². The van der Waals surface area contributed by atoms with Gasteiger partial charge in [-0.3, -0.25) is 19.4 Å². The van der Waals surface area contributed by atoms with Crippen LogP contribution >= 0.6 is 0 Å². The molecule has 10 heteroatoms. The van der Waals surface area contributed by atoms with Gasteiger partial charge in [-0.1, -0.05) is 66.7 Å². The van der Waals surface area contributed by atoms with Crippen molar-refractivity contribution in [3.8, 4) is 11.1 Å². The molecule has 3 amide bonds. The van der Waals surface area contributed by atoms with Gasteiger partial charge in [-0.05, 0) is 91.9 Å². The fraction of sp³-hybridized carbons (Fsp3) is 0.317. The van der Waals surface area contributed by atoms with E-state index in [0.29, 0.717) is 18.4 Å². The first-order valence-electron chi connectivity index (χ1n) is 17.0. The first-order chi connectivity index (χ1) is 24.4. The monoisotopic (exact) mass is 695 g/mol. The van der Waals surface area contributed by atoms with Crippen molar-refractivity contribution in [1.82, 2.24) is 25.4 Å². The number of carbonyl (C=O) groups is 3. The third-order valence-electron chi connectivity index (χ3n) is 9.15. The molecule has 0 saturated carbocycles. The van der Waals surface area contributed by atoms with Gasteiger partial charge in [-0.25, -0.2) is 8.78 Å². The zero-order valence-corrected chi connectivity index (χ0v) is 29.9. The minimum Gasteiger partial charge on any atom is -0.354 e. The molecular weight excluding hydrogens is 648 g/mol. The Balaban J connectivity index is 1.62. The SMILES string of the molecule is CNC(C)(C)CC=CC(=O)N(C)[C@H](Cc1ccc(-c2ccccc2)cc1)C(=O)N(C)[C@H](Cc1ccc(F)c(F)c1)C(=O)NCCc1ccncc1. The third-order valence-corrected chi connectivity index (χ3v) is 9.15. The van der Waals surface area contributed by atoms with E-state index < -0.39 is 35.5 Å². The summed E-state index contributed by atoms with van der Waals surface area (Å²) in [5.41, 5.74) is 3.96. The van der Waals surface area contributed by atoms with Crippen LogP contribution in [-0.2, 0) is 33.6 Å². The maximum atomic E-state index is 14.5. The average Bonchev–Trinajstić information content (AvgIpc) is 3.14. The Morgan fingerprint density at radius 2 is 1.41 bits per heavy atom. The molecule has 4 rings (SSSR count). The van der Waals surface area contributed by atoms with E-state index in [9.17, 15) is 23.2 Å². The number of nitrogens with zero attached hydrogens (tertiary/aromatic N) is 3. The zero-order valence-electron chi connectivity index (χ0n) is 29.9. The summed E-state index contributed by atoms with van der Waals surface area (Å²) in [4.78, 5) is 48.5. The standard InChI is InChI=1S/C41H47F2N5O3/c1-41(2,44-3)22-9-12-38(49)47(4)37(27-30-13-16-33(17-14-30)32-10-7-6-8-11-32)40(51)48(5)36(28-31-15-18-34(42)35(43)26-31)39(50)46-25-21-29-19-23-45-24-20-29/h6-20,23-24,26,36-37,44H,21-22,25,27-28H2,1-5H3,(H,46,50)/t36-,37-/m1/s1. The maximum Gasteiger partial charge on any atom is 0.246 e. The fourth-order valence-electron chi connectivity index (χ4n) is 5.59. The van der Waals surface area contributed by atoms with Gasteiger partial charge < -0.3 is 20.4 Å². The molecule has 1 aromatic heterocycles. The van der Waals surface area contributed by atoms with Crippen LogP contribution in [0.15, 0.2) is 109 Å². The molecule has 3 aromatic carbocycles. The van der Waals surface area contributed by atoms with Crippen LogP contribution in [0.25, 0.3) is 11.1 Å². The average molecular weight is 696 g/mol. The number of benzene rings is 3. The van der Waals surface area contributed by atoms with E-state index in [1.165, 1.54) is 29.0 Å².